The Labute approximate surface area is 206 Å². The second-order valence-electron chi connectivity index (χ2n) is 9.57. The third-order valence-electron chi connectivity index (χ3n) is 7.00. The van der Waals surface area contributed by atoms with Crippen molar-refractivity contribution in [3.05, 3.63) is 77.0 Å². The van der Waals surface area contributed by atoms with Crippen LogP contribution in [-0.2, 0) is 19.5 Å². The van der Waals surface area contributed by atoms with Crippen molar-refractivity contribution in [1.82, 2.24) is 14.9 Å². The number of amides is 1. The van der Waals surface area contributed by atoms with Gasteiger partial charge in [0.1, 0.15) is 11.4 Å². The number of nitrogens with one attached hydrogen (secondary N) is 2. The van der Waals surface area contributed by atoms with E-state index in [0.717, 1.165) is 57.4 Å². The predicted octanol–water partition coefficient (Wildman–Crippen LogP) is 3.56. The largest absolute Gasteiger partial charge is 0.365 e. The molecule has 3 aromatic rings. The third-order valence-corrected chi connectivity index (χ3v) is 7.00. The molecule has 2 atom stereocenters. The van der Waals surface area contributed by atoms with Crippen LogP contribution in [0, 0.1) is 0 Å². The van der Waals surface area contributed by atoms with E-state index in [0.29, 0.717) is 11.8 Å². The van der Waals surface area contributed by atoms with Crippen LogP contribution in [0.15, 0.2) is 54.7 Å². The van der Waals surface area contributed by atoms with Crippen LogP contribution in [0.3, 0.4) is 0 Å². The van der Waals surface area contributed by atoms with Gasteiger partial charge >= 0.3 is 0 Å². The lowest BCUT2D eigenvalue weighted by Gasteiger charge is -2.29. The molecule has 2 heterocycles. The lowest BCUT2D eigenvalue weighted by molar-refractivity contribution is 0.100. The molecule has 8 nitrogen and oxygen atoms in total. The van der Waals surface area contributed by atoms with Gasteiger partial charge in [0.05, 0.1) is 0 Å². The summed E-state index contributed by atoms with van der Waals surface area (Å²) in [4.78, 5) is 23.5. The highest BCUT2D eigenvalue weighted by molar-refractivity contribution is 5.98. The van der Waals surface area contributed by atoms with Crippen LogP contribution in [0.5, 0.6) is 0 Å². The van der Waals surface area contributed by atoms with E-state index in [1.54, 1.807) is 0 Å². The van der Waals surface area contributed by atoms with E-state index in [9.17, 15) is 4.79 Å². The van der Waals surface area contributed by atoms with Gasteiger partial charge < -0.3 is 22.1 Å². The van der Waals surface area contributed by atoms with Gasteiger partial charge in [-0.1, -0.05) is 49.2 Å². The summed E-state index contributed by atoms with van der Waals surface area (Å²) in [7, 11) is 0. The lowest BCUT2D eigenvalue weighted by atomic mass is 9.91. The quantitative estimate of drug-likeness (QED) is 0.416. The fraction of sp³-hybridized carbons (Fsp3) is 0.370. The summed E-state index contributed by atoms with van der Waals surface area (Å²) in [6.07, 6.45) is 6.74. The number of aromatic nitrogens is 2. The summed E-state index contributed by atoms with van der Waals surface area (Å²) < 4.78 is 0. The van der Waals surface area contributed by atoms with E-state index < -0.39 is 5.91 Å². The molecule has 1 aliphatic carbocycles. The Balaban J connectivity index is 1.33. The molecule has 2 aromatic carbocycles. The topological polar surface area (TPSA) is 122 Å². The monoisotopic (exact) mass is 471 g/mol. The fourth-order valence-electron chi connectivity index (χ4n) is 5.04. The Bertz CT molecular complexity index is 1180. The van der Waals surface area contributed by atoms with Gasteiger partial charge in [0.2, 0.25) is 5.95 Å². The van der Waals surface area contributed by atoms with E-state index in [1.165, 1.54) is 22.9 Å². The zero-order valence-electron chi connectivity index (χ0n) is 19.9. The minimum absolute atomic E-state index is 0.0686. The number of carbonyl (C=O) groups is 1. The first kappa shape index (κ1) is 23.3. The normalized spacial score (nSPS) is 20.1. The molecule has 1 amide bonds. The molecule has 2 aliphatic rings. The average molecular weight is 472 g/mol. The van der Waals surface area contributed by atoms with Crippen LogP contribution in [0.1, 0.15) is 52.7 Å². The van der Waals surface area contributed by atoms with Crippen LogP contribution in [0.25, 0.3) is 0 Å². The first-order valence-electron chi connectivity index (χ1n) is 12.4. The average Bonchev–Trinajstić information content (AvgIpc) is 2.86. The van der Waals surface area contributed by atoms with Crippen molar-refractivity contribution in [2.45, 2.75) is 57.3 Å². The number of hydrogen-bond donors (Lipinski definition) is 4. The molecule has 1 fully saturated rings. The molecule has 0 bridgehead atoms. The molecule has 8 heteroatoms. The van der Waals surface area contributed by atoms with Crippen molar-refractivity contribution in [3.63, 3.8) is 0 Å². The fourth-order valence-corrected chi connectivity index (χ4v) is 5.04. The summed E-state index contributed by atoms with van der Waals surface area (Å²) in [5, 5.41) is 6.67. The van der Waals surface area contributed by atoms with Gasteiger partial charge in [-0.05, 0) is 48.1 Å². The van der Waals surface area contributed by atoms with Gasteiger partial charge in [0, 0.05) is 43.6 Å². The zero-order valence-corrected chi connectivity index (χ0v) is 19.9. The van der Waals surface area contributed by atoms with Gasteiger partial charge in [0.15, 0.2) is 0 Å². The summed E-state index contributed by atoms with van der Waals surface area (Å²) in [6.45, 7) is 2.83. The number of rotatable bonds is 7. The number of anilines is 3. The Morgan fingerprint density at radius 2 is 1.91 bits per heavy atom. The maximum atomic E-state index is 12.1. The molecular formula is C27H33N7O. The van der Waals surface area contributed by atoms with Crippen LogP contribution in [0.4, 0.5) is 17.5 Å². The number of carbonyl (C=O) groups excluding carboxylic acids is 1. The van der Waals surface area contributed by atoms with Crippen molar-refractivity contribution in [3.8, 4) is 0 Å². The van der Waals surface area contributed by atoms with Gasteiger partial charge in [-0.2, -0.15) is 4.98 Å². The van der Waals surface area contributed by atoms with Gasteiger partial charge in [-0.3, -0.25) is 9.69 Å². The Hall–Kier alpha value is -3.49. The van der Waals surface area contributed by atoms with Gasteiger partial charge in [0.25, 0.3) is 5.91 Å². The summed E-state index contributed by atoms with van der Waals surface area (Å²) in [6, 6.07) is 17.1. The number of benzene rings is 2. The first-order chi connectivity index (χ1) is 17.0. The van der Waals surface area contributed by atoms with E-state index in [4.69, 9.17) is 11.5 Å². The van der Waals surface area contributed by atoms with E-state index in [2.05, 4.69) is 61.9 Å². The Kier molecular flexibility index (Phi) is 6.92. The van der Waals surface area contributed by atoms with Crippen molar-refractivity contribution >= 4 is 23.4 Å². The molecule has 1 aromatic heterocycles. The highest BCUT2D eigenvalue weighted by atomic mass is 16.1. The summed E-state index contributed by atoms with van der Waals surface area (Å²) in [5.74, 6) is 0.281. The molecule has 1 aliphatic heterocycles. The second-order valence-corrected chi connectivity index (χ2v) is 9.57. The predicted molar refractivity (Wildman–Crippen MR) is 138 cm³/mol. The third kappa shape index (κ3) is 5.61. The van der Waals surface area contributed by atoms with Crippen molar-refractivity contribution < 1.29 is 4.79 Å². The van der Waals surface area contributed by atoms with Crippen LogP contribution in [0.2, 0.25) is 0 Å². The maximum absolute atomic E-state index is 12.1. The number of fused-ring (bicyclic) bond motifs is 1. The first-order valence-corrected chi connectivity index (χ1v) is 12.4. The standard InChI is InChI=1S/C27H33N7O/c28-23-8-4-5-9-24(23)32-27-30-15-22(25(29)35)26(33-27)31-21-11-10-19-12-13-34(17-20(19)14-21)16-18-6-2-1-3-7-18/h1-3,6-7,10-11,14-15,23-24H,4-5,8-9,12-13,16-17,28H2,(H2,29,35)(H2,30,31,32,33). The molecule has 6 N–H and O–H groups in total. The number of nitrogens with zero attached hydrogens (tertiary/aromatic N) is 3. The summed E-state index contributed by atoms with van der Waals surface area (Å²) in [5.41, 5.74) is 17.0. The molecule has 0 radical (unpaired) electrons. The minimum Gasteiger partial charge on any atom is -0.365 e. The molecule has 5 rings (SSSR count). The molecule has 35 heavy (non-hydrogen) atoms. The van der Waals surface area contributed by atoms with Crippen LogP contribution < -0.4 is 22.1 Å². The molecule has 1 saturated carbocycles. The lowest BCUT2D eigenvalue weighted by Crippen LogP contribution is -2.43. The van der Waals surface area contributed by atoms with Gasteiger partial charge in [-0.25, -0.2) is 4.98 Å². The van der Waals surface area contributed by atoms with E-state index in [1.807, 2.05) is 12.1 Å². The number of primary amides is 1. The Morgan fingerprint density at radius 1 is 1.09 bits per heavy atom. The molecular weight excluding hydrogens is 438 g/mol. The van der Waals surface area contributed by atoms with Crippen molar-refractivity contribution in [2.24, 2.45) is 11.5 Å². The zero-order chi connectivity index (χ0) is 24.2. The summed E-state index contributed by atoms with van der Waals surface area (Å²) >= 11 is 0. The second kappa shape index (κ2) is 10.4. The Morgan fingerprint density at radius 3 is 2.71 bits per heavy atom. The molecule has 2 unspecified atom stereocenters. The van der Waals surface area contributed by atoms with Crippen LogP contribution in [-0.4, -0.2) is 39.4 Å². The van der Waals surface area contributed by atoms with Gasteiger partial charge in [-0.15, -0.1) is 0 Å². The minimum atomic E-state index is -0.569. The molecule has 182 valence electrons. The van der Waals surface area contributed by atoms with Crippen molar-refractivity contribution in [1.29, 1.82) is 0 Å². The van der Waals surface area contributed by atoms with E-state index >= 15 is 0 Å². The maximum Gasteiger partial charge on any atom is 0.254 e. The molecule has 0 saturated heterocycles. The van der Waals surface area contributed by atoms with Crippen LogP contribution >= 0.6 is 0 Å². The highest BCUT2D eigenvalue weighted by Crippen LogP contribution is 2.27. The number of nitrogens with two attached hydrogens (primary N) is 2. The highest BCUT2D eigenvalue weighted by Gasteiger charge is 2.23. The number of hydrogen-bond acceptors (Lipinski definition) is 7. The SMILES string of the molecule is NC(=O)c1cnc(NC2CCCCC2N)nc1Nc1ccc2c(c1)CN(Cc1ccccc1)CC2. The van der Waals surface area contributed by atoms with E-state index in [-0.39, 0.29) is 17.6 Å². The molecule has 0 spiro atoms. The van der Waals surface area contributed by atoms with Crippen molar-refractivity contribution in [2.75, 3.05) is 17.2 Å². The smallest absolute Gasteiger partial charge is 0.254 e.